The van der Waals surface area contributed by atoms with E-state index in [1.807, 2.05) is 38.1 Å². The lowest BCUT2D eigenvalue weighted by Crippen LogP contribution is -2.50. The van der Waals surface area contributed by atoms with Gasteiger partial charge in [-0.05, 0) is 44.0 Å². The second-order valence-corrected chi connectivity index (χ2v) is 6.13. The molecule has 2 unspecified atom stereocenters. The minimum atomic E-state index is -0.349. The Morgan fingerprint density at radius 2 is 2.04 bits per heavy atom. The Hall–Kier alpha value is -1.88. The van der Waals surface area contributed by atoms with Crippen LogP contribution < -0.4 is 10.6 Å². The monoisotopic (exact) mass is 318 g/mol. The van der Waals surface area contributed by atoms with Gasteiger partial charge in [0.2, 0.25) is 5.91 Å². The number of esters is 1. The van der Waals surface area contributed by atoms with E-state index in [4.69, 9.17) is 4.74 Å². The number of hydrogen-bond donors (Lipinski definition) is 2. The van der Waals surface area contributed by atoms with Crippen molar-refractivity contribution in [2.45, 2.75) is 33.2 Å². The van der Waals surface area contributed by atoms with Crippen molar-refractivity contribution < 1.29 is 14.3 Å². The molecule has 0 aromatic heterocycles. The molecule has 2 atom stereocenters. The third-order valence-electron chi connectivity index (χ3n) is 4.49. The van der Waals surface area contributed by atoms with Crippen LogP contribution in [0.2, 0.25) is 0 Å². The Kier molecular flexibility index (Phi) is 6.16. The predicted octanol–water partition coefficient (Wildman–Crippen LogP) is 1.96. The van der Waals surface area contributed by atoms with Crippen LogP contribution in [0.15, 0.2) is 24.3 Å². The van der Waals surface area contributed by atoms with Gasteiger partial charge in [-0.1, -0.05) is 31.2 Å². The third kappa shape index (κ3) is 4.55. The first-order valence-corrected chi connectivity index (χ1v) is 8.25. The summed E-state index contributed by atoms with van der Waals surface area (Å²) in [6, 6.07) is 7.46. The zero-order valence-electron chi connectivity index (χ0n) is 14.1. The third-order valence-corrected chi connectivity index (χ3v) is 4.49. The van der Waals surface area contributed by atoms with E-state index in [9.17, 15) is 9.59 Å². The number of nitrogens with one attached hydrogen (secondary N) is 2. The molecular formula is C18H26N2O3. The number of hydrogen-bond acceptors (Lipinski definition) is 4. The van der Waals surface area contributed by atoms with Gasteiger partial charge in [-0.25, -0.2) is 0 Å². The van der Waals surface area contributed by atoms with Gasteiger partial charge in [-0.3, -0.25) is 9.59 Å². The summed E-state index contributed by atoms with van der Waals surface area (Å²) in [5, 5.41) is 6.23. The molecule has 0 aliphatic carbocycles. The molecule has 1 aromatic carbocycles. The van der Waals surface area contributed by atoms with Crippen molar-refractivity contribution in [2.24, 2.45) is 11.8 Å². The van der Waals surface area contributed by atoms with Crippen LogP contribution in [0.1, 0.15) is 37.4 Å². The van der Waals surface area contributed by atoms with Crippen molar-refractivity contribution in [2.75, 3.05) is 19.7 Å². The molecule has 0 saturated carbocycles. The van der Waals surface area contributed by atoms with Gasteiger partial charge in [0.05, 0.1) is 19.1 Å². The average Bonchev–Trinajstić information content (AvgIpc) is 2.45. The smallest absolute Gasteiger partial charge is 0.308 e. The van der Waals surface area contributed by atoms with Gasteiger partial charge in [0, 0.05) is 5.92 Å². The van der Waals surface area contributed by atoms with Gasteiger partial charge in [-0.2, -0.15) is 0 Å². The highest BCUT2D eigenvalue weighted by atomic mass is 16.5. The fourth-order valence-corrected chi connectivity index (χ4v) is 2.78. The molecule has 1 amide bonds. The first kappa shape index (κ1) is 17.5. The van der Waals surface area contributed by atoms with Crippen LogP contribution in [0.5, 0.6) is 0 Å². The van der Waals surface area contributed by atoms with E-state index in [-0.39, 0.29) is 30.3 Å². The van der Waals surface area contributed by atoms with Crippen LogP contribution >= 0.6 is 0 Å². The summed E-state index contributed by atoms with van der Waals surface area (Å²) in [7, 11) is 0. The van der Waals surface area contributed by atoms with Crippen LogP contribution in [-0.4, -0.2) is 31.6 Å². The minimum absolute atomic E-state index is 0.00551. The van der Waals surface area contributed by atoms with E-state index >= 15 is 0 Å². The quantitative estimate of drug-likeness (QED) is 0.754. The lowest BCUT2D eigenvalue weighted by molar-refractivity contribution is -0.144. The summed E-state index contributed by atoms with van der Waals surface area (Å²) in [5.41, 5.74) is 2.02. The normalized spacial score (nSPS) is 17.0. The largest absolute Gasteiger partial charge is 0.466 e. The van der Waals surface area contributed by atoms with Gasteiger partial charge in [0.1, 0.15) is 0 Å². The molecular weight excluding hydrogens is 292 g/mol. The molecule has 2 N–H and O–H groups in total. The summed E-state index contributed by atoms with van der Waals surface area (Å²) in [6.45, 7) is 7.81. The molecule has 0 bridgehead atoms. The van der Waals surface area contributed by atoms with E-state index < -0.39 is 0 Å². The molecule has 0 radical (unpaired) electrons. The Morgan fingerprint density at radius 3 is 2.61 bits per heavy atom. The average molecular weight is 318 g/mol. The lowest BCUT2D eigenvalue weighted by atomic mass is 9.87. The lowest BCUT2D eigenvalue weighted by Gasteiger charge is -2.33. The van der Waals surface area contributed by atoms with Crippen LogP contribution in [0.3, 0.4) is 0 Å². The van der Waals surface area contributed by atoms with Gasteiger partial charge in [-0.15, -0.1) is 0 Å². The predicted molar refractivity (Wildman–Crippen MR) is 88.8 cm³/mol. The molecule has 5 nitrogen and oxygen atoms in total. The molecule has 1 aromatic rings. The zero-order chi connectivity index (χ0) is 16.8. The number of ether oxygens (including phenoxy) is 1. The van der Waals surface area contributed by atoms with Gasteiger partial charge in [0.15, 0.2) is 0 Å². The zero-order valence-corrected chi connectivity index (χ0v) is 14.1. The van der Waals surface area contributed by atoms with Crippen molar-refractivity contribution >= 4 is 11.9 Å². The molecule has 1 fully saturated rings. The van der Waals surface area contributed by atoms with Crippen molar-refractivity contribution in [3.05, 3.63) is 35.4 Å². The molecule has 1 heterocycles. The summed E-state index contributed by atoms with van der Waals surface area (Å²) in [6.07, 6.45) is 0.153. The van der Waals surface area contributed by atoms with E-state index in [1.165, 1.54) is 0 Å². The molecule has 1 aliphatic rings. The van der Waals surface area contributed by atoms with Crippen LogP contribution in [-0.2, 0) is 14.3 Å². The number of aryl methyl sites for hydroxylation is 1. The Labute approximate surface area is 137 Å². The standard InChI is InChI=1S/C18H26N2O3/c1-4-23-17(21)9-16(15-8-6-5-7-12(15)2)20-18(22)13(3)14-10-19-11-14/h5-8,13-14,16,19H,4,9-11H2,1-3H3,(H,20,22). The number of carbonyl (C=O) groups is 2. The maximum atomic E-state index is 12.5. The molecule has 0 spiro atoms. The van der Waals surface area contributed by atoms with Crippen molar-refractivity contribution in [1.82, 2.24) is 10.6 Å². The Balaban J connectivity index is 2.11. The van der Waals surface area contributed by atoms with Crippen molar-refractivity contribution in [3.8, 4) is 0 Å². The number of rotatable bonds is 7. The van der Waals surface area contributed by atoms with Crippen LogP contribution in [0, 0.1) is 18.8 Å². The first-order chi connectivity index (χ1) is 11.0. The number of carbonyl (C=O) groups excluding carboxylic acids is 2. The Bertz CT molecular complexity index is 555. The molecule has 126 valence electrons. The SMILES string of the molecule is CCOC(=O)CC(NC(=O)C(C)C1CNC1)c1ccccc1C. The van der Waals surface area contributed by atoms with Gasteiger partial charge >= 0.3 is 5.97 Å². The summed E-state index contributed by atoms with van der Waals surface area (Å²) in [4.78, 5) is 24.4. The fourth-order valence-electron chi connectivity index (χ4n) is 2.78. The highest BCUT2D eigenvalue weighted by Crippen LogP contribution is 2.23. The second kappa shape index (κ2) is 8.11. The van der Waals surface area contributed by atoms with Gasteiger partial charge in [0.25, 0.3) is 0 Å². The van der Waals surface area contributed by atoms with Crippen molar-refractivity contribution in [3.63, 3.8) is 0 Å². The molecule has 5 heteroatoms. The summed E-state index contributed by atoms with van der Waals surface area (Å²) < 4.78 is 5.06. The molecule has 23 heavy (non-hydrogen) atoms. The van der Waals surface area contributed by atoms with Gasteiger partial charge < -0.3 is 15.4 Å². The minimum Gasteiger partial charge on any atom is -0.466 e. The van der Waals surface area contributed by atoms with E-state index in [2.05, 4.69) is 10.6 Å². The summed E-state index contributed by atoms with van der Waals surface area (Å²) in [5.74, 6) is 0.00754. The first-order valence-electron chi connectivity index (χ1n) is 8.25. The number of benzene rings is 1. The fraction of sp³-hybridized carbons (Fsp3) is 0.556. The molecule has 1 aliphatic heterocycles. The summed E-state index contributed by atoms with van der Waals surface area (Å²) >= 11 is 0. The number of amides is 1. The highest BCUT2D eigenvalue weighted by Gasteiger charge is 2.30. The molecule has 2 rings (SSSR count). The Morgan fingerprint density at radius 1 is 1.35 bits per heavy atom. The second-order valence-electron chi connectivity index (χ2n) is 6.13. The van der Waals surface area contributed by atoms with Crippen molar-refractivity contribution in [1.29, 1.82) is 0 Å². The van der Waals surface area contributed by atoms with E-state index in [1.54, 1.807) is 6.92 Å². The highest BCUT2D eigenvalue weighted by molar-refractivity contribution is 5.80. The van der Waals surface area contributed by atoms with Crippen LogP contribution in [0.25, 0.3) is 0 Å². The van der Waals surface area contributed by atoms with E-state index in [0.717, 1.165) is 24.2 Å². The maximum Gasteiger partial charge on any atom is 0.308 e. The molecule has 1 saturated heterocycles. The van der Waals surface area contributed by atoms with E-state index in [0.29, 0.717) is 12.5 Å². The topological polar surface area (TPSA) is 67.4 Å². The van der Waals surface area contributed by atoms with Crippen LogP contribution in [0.4, 0.5) is 0 Å². The maximum absolute atomic E-state index is 12.5.